The summed E-state index contributed by atoms with van der Waals surface area (Å²) in [5, 5.41) is 0. The van der Waals surface area contributed by atoms with Crippen LogP contribution in [-0.4, -0.2) is 23.2 Å². The monoisotopic (exact) mass is 568 g/mol. The van der Waals surface area contributed by atoms with Crippen LogP contribution < -0.4 is 24.4 Å². The van der Waals surface area contributed by atoms with Gasteiger partial charge in [-0.05, 0) is 74.7 Å². The van der Waals surface area contributed by atoms with Gasteiger partial charge in [-0.3, -0.25) is 9.36 Å². The molecule has 1 atom stereocenters. The van der Waals surface area contributed by atoms with Gasteiger partial charge >= 0.3 is 5.97 Å². The smallest absolute Gasteiger partial charge is 0.338 e. The van der Waals surface area contributed by atoms with Crippen molar-refractivity contribution in [1.29, 1.82) is 0 Å². The third-order valence-corrected chi connectivity index (χ3v) is 7.49. The summed E-state index contributed by atoms with van der Waals surface area (Å²) in [6.45, 7) is 8.16. The highest BCUT2D eigenvalue weighted by Gasteiger charge is 2.33. The van der Waals surface area contributed by atoms with Crippen molar-refractivity contribution < 1.29 is 19.0 Å². The van der Waals surface area contributed by atoms with E-state index in [4.69, 9.17) is 14.2 Å². The molecule has 1 aromatic heterocycles. The number of esters is 1. The Hall–Kier alpha value is -4.43. The molecule has 2 heterocycles. The first-order valence-corrected chi connectivity index (χ1v) is 14.4. The van der Waals surface area contributed by atoms with Gasteiger partial charge in [-0.1, -0.05) is 65.9 Å². The SMILES string of the molecule is CCOC(=O)C1=C(C)N=c2s/c(=C\c3ccc(OCc4ccccc4)cc3)c(=O)n2[C@H]1c1ccc(OC(C)C)cc1. The van der Waals surface area contributed by atoms with Gasteiger partial charge in [0, 0.05) is 0 Å². The van der Waals surface area contributed by atoms with Crippen molar-refractivity contribution >= 4 is 23.4 Å². The molecule has 1 aliphatic heterocycles. The number of carbonyl (C=O) groups excluding carboxylic acids is 1. The summed E-state index contributed by atoms with van der Waals surface area (Å²) >= 11 is 1.30. The highest BCUT2D eigenvalue weighted by atomic mass is 32.1. The predicted octanol–water partition coefficient (Wildman–Crippen LogP) is 5.16. The molecule has 41 heavy (non-hydrogen) atoms. The Kier molecular flexibility index (Phi) is 8.50. The largest absolute Gasteiger partial charge is 0.491 e. The first kappa shape index (κ1) is 28.1. The van der Waals surface area contributed by atoms with Crippen LogP contribution in [0.4, 0.5) is 0 Å². The molecule has 0 fully saturated rings. The van der Waals surface area contributed by atoms with Crippen molar-refractivity contribution in [3.63, 3.8) is 0 Å². The number of aromatic nitrogens is 1. The zero-order valence-corrected chi connectivity index (χ0v) is 24.3. The summed E-state index contributed by atoms with van der Waals surface area (Å²) in [7, 11) is 0. The van der Waals surface area contributed by atoms with Crippen LogP contribution in [0.3, 0.4) is 0 Å². The summed E-state index contributed by atoms with van der Waals surface area (Å²) in [4.78, 5) is 32.1. The van der Waals surface area contributed by atoms with Gasteiger partial charge in [-0.15, -0.1) is 0 Å². The van der Waals surface area contributed by atoms with Crippen LogP contribution in [-0.2, 0) is 16.1 Å². The maximum atomic E-state index is 13.8. The van der Waals surface area contributed by atoms with Gasteiger partial charge < -0.3 is 14.2 Å². The van der Waals surface area contributed by atoms with Crippen molar-refractivity contribution in [1.82, 2.24) is 4.57 Å². The average Bonchev–Trinajstić information content (AvgIpc) is 3.26. The fourth-order valence-corrected chi connectivity index (χ4v) is 5.71. The van der Waals surface area contributed by atoms with E-state index in [9.17, 15) is 9.59 Å². The second-order valence-electron chi connectivity index (χ2n) is 9.88. The van der Waals surface area contributed by atoms with E-state index < -0.39 is 12.0 Å². The fourth-order valence-electron chi connectivity index (χ4n) is 4.66. The lowest BCUT2D eigenvalue weighted by molar-refractivity contribution is -0.139. The molecule has 0 saturated heterocycles. The molecule has 5 rings (SSSR count). The predicted molar refractivity (Wildman–Crippen MR) is 160 cm³/mol. The van der Waals surface area contributed by atoms with Crippen LogP contribution in [0.1, 0.15) is 50.4 Å². The van der Waals surface area contributed by atoms with Crippen LogP contribution in [0.25, 0.3) is 6.08 Å². The Morgan fingerprint density at radius 1 is 1.00 bits per heavy atom. The lowest BCUT2D eigenvalue weighted by Crippen LogP contribution is -2.39. The summed E-state index contributed by atoms with van der Waals surface area (Å²) in [6.07, 6.45) is 1.87. The number of hydrogen-bond acceptors (Lipinski definition) is 7. The number of thiazole rings is 1. The normalized spacial score (nSPS) is 15.0. The molecule has 4 aromatic rings. The van der Waals surface area contributed by atoms with Gasteiger partial charge in [0.1, 0.15) is 18.1 Å². The first-order valence-electron chi connectivity index (χ1n) is 13.6. The van der Waals surface area contributed by atoms with E-state index in [2.05, 4.69) is 4.99 Å². The Bertz CT molecular complexity index is 1730. The molecule has 0 spiro atoms. The van der Waals surface area contributed by atoms with Crippen molar-refractivity contribution in [2.75, 3.05) is 6.61 Å². The van der Waals surface area contributed by atoms with Gasteiger partial charge in [-0.2, -0.15) is 0 Å². The maximum absolute atomic E-state index is 13.8. The van der Waals surface area contributed by atoms with Crippen molar-refractivity contribution in [2.45, 2.75) is 46.4 Å². The third-order valence-electron chi connectivity index (χ3n) is 6.51. The molecule has 0 N–H and O–H groups in total. The van der Waals surface area contributed by atoms with Gasteiger partial charge in [0.25, 0.3) is 5.56 Å². The number of benzene rings is 3. The standard InChI is InChI=1S/C33H32N2O5S/c1-5-38-32(37)29-22(4)34-33-35(30(29)25-13-17-27(18-14-25)40-21(2)3)31(36)28(41-33)19-23-11-15-26(16-12-23)39-20-24-9-7-6-8-10-24/h6-19,21,30H,5,20H2,1-4H3/b28-19-/t30-/m0/s1. The molecule has 0 unspecified atom stereocenters. The Balaban J connectivity index is 1.50. The zero-order valence-electron chi connectivity index (χ0n) is 23.5. The molecule has 210 valence electrons. The molecule has 0 amide bonds. The minimum absolute atomic E-state index is 0.0280. The Labute approximate surface area is 242 Å². The first-order chi connectivity index (χ1) is 19.8. The van der Waals surface area contributed by atoms with Gasteiger partial charge in [0.15, 0.2) is 4.80 Å². The summed E-state index contributed by atoms with van der Waals surface area (Å²) in [6, 6.07) is 24.4. The molecular formula is C33H32N2O5S. The maximum Gasteiger partial charge on any atom is 0.338 e. The number of carbonyl (C=O) groups is 1. The van der Waals surface area contributed by atoms with Gasteiger partial charge in [0.2, 0.25) is 0 Å². The summed E-state index contributed by atoms with van der Waals surface area (Å²) < 4.78 is 19.2. The van der Waals surface area contributed by atoms with Crippen LogP contribution in [0.2, 0.25) is 0 Å². The molecule has 8 heteroatoms. The molecule has 0 bridgehead atoms. The minimum Gasteiger partial charge on any atom is -0.491 e. The average molecular weight is 569 g/mol. The van der Waals surface area contributed by atoms with E-state index in [1.165, 1.54) is 11.3 Å². The van der Waals surface area contributed by atoms with Gasteiger partial charge in [-0.25, -0.2) is 9.79 Å². The van der Waals surface area contributed by atoms with E-state index >= 15 is 0 Å². The number of ether oxygens (including phenoxy) is 3. The molecule has 0 aliphatic carbocycles. The van der Waals surface area contributed by atoms with Crippen LogP contribution in [0, 0.1) is 0 Å². The molecule has 3 aromatic carbocycles. The van der Waals surface area contributed by atoms with Crippen molar-refractivity contribution in [2.24, 2.45) is 4.99 Å². The number of hydrogen-bond donors (Lipinski definition) is 0. The van der Waals surface area contributed by atoms with E-state index in [1.54, 1.807) is 18.4 Å². The second kappa shape index (κ2) is 12.4. The van der Waals surface area contributed by atoms with Crippen LogP contribution >= 0.6 is 11.3 Å². The lowest BCUT2D eigenvalue weighted by atomic mass is 9.96. The van der Waals surface area contributed by atoms with E-state index in [0.717, 1.165) is 22.4 Å². The van der Waals surface area contributed by atoms with Crippen LogP contribution in [0.5, 0.6) is 11.5 Å². The van der Waals surface area contributed by atoms with Gasteiger partial charge in [0.05, 0.1) is 34.6 Å². The fraction of sp³-hybridized carbons (Fsp3) is 0.242. The number of rotatable bonds is 9. The molecule has 0 saturated carbocycles. The second-order valence-corrected chi connectivity index (χ2v) is 10.9. The highest BCUT2D eigenvalue weighted by molar-refractivity contribution is 7.07. The molecule has 0 radical (unpaired) electrons. The number of nitrogens with zero attached hydrogens (tertiary/aromatic N) is 2. The topological polar surface area (TPSA) is 79.1 Å². The zero-order chi connectivity index (χ0) is 28.9. The van der Waals surface area contributed by atoms with Crippen molar-refractivity contribution in [3.05, 3.63) is 127 Å². The molecule has 1 aliphatic rings. The molecular weight excluding hydrogens is 536 g/mol. The highest BCUT2D eigenvalue weighted by Crippen LogP contribution is 2.31. The van der Waals surface area contributed by atoms with E-state index in [1.807, 2.05) is 98.8 Å². The Morgan fingerprint density at radius 2 is 1.68 bits per heavy atom. The summed E-state index contributed by atoms with van der Waals surface area (Å²) in [5.41, 5.74) is 3.38. The lowest BCUT2D eigenvalue weighted by Gasteiger charge is -2.25. The van der Waals surface area contributed by atoms with E-state index in [-0.39, 0.29) is 18.3 Å². The van der Waals surface area contributed by atoms with Crippen LogP contribution in [0.15, 0.2) is 99.9 Å². The Morgan fingerprint density at radius 3 is 2.34 bits per heavy atom. The third kappa shape index (κ3) is 6.33. The quantitative estimate of drug-likeness (QED) is 0.261. The molecule has 7 nitrogen and oxygen atoms in total. The number of allylic oxidation sites excluding steroid dienone is 1. The minimum atomic E-state index is -0.672. The van der Waals surface area contributed by atoms with Crippen molar-refractivity contribution in [3.8, 4) is 11.5 Å². The van der Waals surface area contributed by atoms with E-state index in [0.29, 0.717) is 33.0 Å². The summed E-state index contributed by atoms with van der Waals surface area (Å²) in [5.74, 6) is 0.972. The number of fused-ring (bicyclic) bond motifs is 1.